The first kappa shape index (κ1) is 54.4. The number of anilines is 2. The zero-order valence-electron chi connectivity index (χ0n) is 38.8. The van der Waals surface area contributed by atoms with Crippen molar-refractivity contribution in [2.45, 2.75) is 41.5 Å². The molecule has 0 radical (unpaired) electrons. The van der Waals surface area contributed by atoms with Crippen LogP contribution in [0.4, 0.5) is 11.4 Å². The van der Waals surface area contributed by atoms with Crippen LogP contribution in [0.5, 0.6) is 17.2 Å². The number of hydrogen-bond acceptors (Lipinski definition) is 25. The SMILES string of the molecule is CC(=O)OCOC(=O)CN(CC(=O)OCOC(C)=O)c1ccc(C)cc1OCCOc1cc(-c2nc3ccccc3s2)c(OCOC(C)=O)cc1N(CC(=O)OCOC(C)=O)CC(=O)OCOC(C)=O. The Morgan fingerprint density at radius 1 is 0.471 bits per heavy atom. The molecule has 0 atom stereocenters. The summed E-state index contributed by atoms with van der Waals surface area (Å²) in [4.78, 5) is 116. The van der Waals surface area contributed by atoms with Crippen molar-refractivity contribution in [1.29, 1.82) is 0 Å². The molecule has 0 aliphatic heterocycles. The summed E-state index contributed by atoms with van der Waals surface area (Å²) in [6.07, 6.45) is 0. The van der Waals surface area contributed by atoms with Gasteiger partial charge >= 0.3 is 53.7 Å². The van der Waals surface area contributed by atoms with Crippen molar-refractivity contribution in [1.82, 2.24) is 4.98 Å². The van der Waals surface area contributed by atoms with Gasteiger partial charge in [-0.25, -0.2) is 4.98 Å². The van der Waals surface area contributed by atoms with Crippen LogP contribution in [0.15, 0.2) is 54.6 Å². The van der Waals surface area contributed by atoms with E-state index in [-0.39, 0.29) is 41.8 Å². The monoisotopic (exact) mass is 999 g/mol. The van der Waals surface area contributed by atoms with E-state index in [0.29, 0.717) is 21.7 Å². The van der Waals surface area contributed by atoms with Gasteiger partial charge in [0, 0.05) is 40.7 Å². The Balaban J connectivity index is 1.75. The van der Waals surface area contributed by atoms with Crippen LogP contribution in [0, 0.1) is 6.92 Å². The molecule has 1 heterocycles. The van der Waals surface area contributed by atoms with Crippen LogP contribution in [0.2, 0.25) is 0 Å². The Morgan fingerprint density at radius 2 is 0.900 bits per heavy atom. The lowest BCUT2D eigenvalue weighted by atomic mass is 10.1. The van der Waals surface area contributed by atoms with Crippen LogP contribution in [-0.4, -0.2) is 132 Å². The summed E-state index contributed by atoms with van der Waals surface area (Å²) in [7, 11) is 0. The summed E-state index contributed by atoms with van der Waals surface area (Å²) in [6, 6.07) is 15.0. The molecular formula is C45H49N3O21S. The first-order valence-electron chi connectivity index (χ1n) is 20.7. The van der Waals surface area contributed by atoms with Crippen molar-refractivity contribution < 1.29 is 100.0 Å². The van der Waals surface area contributed by atoms with Gasteiger partial charge in [0.1, 0.15) is 61.6 Å². The number of fused-ring (bicyclic) bond motifs is 1. The van der Waals surface area contributed by atoms with Crippen molar-refractivity contribution in [3.8, 4) is 27.8 Å². The van der Waals surface area contributed by atoms with Gasteiger partial charge in [0.15, 0.2) is 0 Å². The molecule has 0 aliphatic carbocycles. The number of carbonyl (C=O) groups excluding carboxylic acids is 9. The molecule has 4 aromatic rings. The number of para-hydroxylation sites is 1. The van der Waals surface area contributed by atoms with E-state index in [9.17, 15) is 43.2 Å². The van der Waals surface area contributed by atoms with Gasteiger partial charge in [-0.3, -0.25) is 43.2 Å². The summed E-state index contributed by atoms with van der Waals surface area (Å²) in [5.74, 6) is -7.14. The first-order chi connectivity index (χ1) is 33.4. The summed E-state index contributed by atoms with van der Waals surface area (Å²) < 4.78 is 63.4. The van der Waals surface area contributed by atoms with E-state index in [1.54, 1.807) is 37.3 Å². The lowest BCUT2D eigenvalue weighted by molar-refractivity contribution is -0.167. The Hall–Kier alpha value is -8.22. The van der Waals surface area contributed by atoms with E-state index in [4.69, 9.17) is 61.8 Å². The van der Waals surface area contributed by atoms with Crippen LogP contribution in [0.1, 0.15) is 40.2 Å². The minimum Gasteiger partial charge on any atom is -0.488 e. The lowest BCUT2D eigenvalue weighted by Crippen LogP contribution is -2.37. The van der Waals surface area contributed by atoms with Crippen LogP contribution in [-0.2, 0) is 85.8 Å². The predicted molar refractivity (Wildman–Crippen MR) is 240 cm³/mol. The van der Waals surface area contributed by atoms with E-state index in [0.717, 1.165) is 32.4 Å². The fourth-order valence-electron chi connectivity index (χ4n) is 5.63. The fraction of sp³-hybridized carbons (Fsp3) is 0.378. The molecule has 0 amide bonds. The molecule has 0 N–H and O–H groups in total. The molecule has 0 fully saturated rings. The fourth-order valence-corrected chi connectivity index (χ4v) is 6.62. The van der Waals surface area contributed by atoms with E-state index < -0.39 is 114 Å². The highest BCUT2D eigenvalue weighted by Gasteiger charge is 2.26. The quantitative estimate of drug-likeness (QED) is 0.0357. The number of ether oxygens (including phenoxy) is 12. The summed E-state index contributed by atoms with van der Waals surface area (Å²) >= 11 is 1.28. The van der Waals surface area contributed by atoms with Gasteiger partial charge in [0.25, 0.3) is 0 Å². The molecule has 0 aliphatic rings. The summed E-state index contributed by atoms with van der Waals surface area (Å²) in [5, 5.41) is 0.419. The van der Waals surface area contributed by atoms with Crippen molar-refractivity contribution in [2.75, 3.05) is 83.2 Å². The van der Waals surface area contributed by atoms with Crippen LogP contribution >= 0.6 is 11.3 Å². The van der Waals surface area contributed by atoms with Crippen molar-refractivity contribution >= 4 is 86.7 Å². The smallest absolute Gasteiger partial charge is 0.328 e. The van der Waals surface area contributed by atoms with Crippen LogP contribution in [0.25, 0.3) is 20.8 Å². The van der Waals surface area contributed by atoms with E-state index in [2.05, 4.69) is 0 Å². The average molecular weight is 1000 g/mol. The molecule has 0 spiro atoms. The molecule has 4 rings (SSSR count). The summed E-state index contributed by atoms with van der Waals surface area (Å²) in [5.41, 5.74) is 1.84. The highest BCUT2D eigenvalue weighted by molar-refractivity contribution is 7.21. The van der Waals surface area contributed by atoms with Crippen LogP contribution in [0.3, 0.4) is 0 Å². The molecular weight excluding hydrogens is 951 g/mol. The maximum Gasteiger partial charge on any atom is 0.328 e. The number of thiazole rings is 1. The topological polar surface area (TPSA) is 284 Å². The van der Waals surface area contributed by atoms with Crippen molar-refractivity contribution in [3.05, 3.63) is 60.2 Å². The molecule has 70 heavy (non-hydrogen) atoms. The Bertz CT molecular complexity index is 2430. The van der Waals surface area contributed by atoms with Gasteiger partial charge in [0.05, 0.1) is 27.2 Å². The molecule has 3 aromatic carbocycles. The number of esters is 9. The minimum absolute atomic E-state index is 0.00138. The first-order valence-corrected chi connectivity index (χ1v) is 21.5. The standard InChI is InChI=1S/C45H49N3O21S/c1-27-11-12-35(47(18-41(54)66-23-61-29(3)50)19-42(55)67-24-62-30(4)51)38(15-27)58-13-14-59-39-16-33(45-46-34-9-7-8-10-40(34)70-45)37(65-22-60-28(2)49)17-36(39)48(20-43(56)68-25-63-31(5)52)21-44(57)69-26-64-32(6)53/h7-12,15-17H,13-14,18-26H2,1-6H3. The molecule has 376 valence electrons. The Labute approximate surface area is 403 Å². The zero-order valence-corrected chi connectivity index (χ0v) is 39.6. The minimum atomic E-state index is -0.983. The van der Waals surface area contributed by atoms with Gasteiger partial charge in [-0.2, -0.15) is 0 Å². The number of hydrogen-bond donors (Lipinski definition) is 0. The number of aryl methyl sites for hydroxylation is 1. The van der Waals surface area contributed by atoms with Crippen molar-refractivity contribution in [2.24, 2.45) is 0 Å². The largest absolute Gasteiger partial charge is 0.488 e. The molecule has 1 aromatic heterocycles. The van der Waals surface area contributed by atoms with Gasteiger partial charge < -0.3 is 66.6 Å². The zero-order chi connectivity index (χ0) is 51.2. The number of carbonyl (C=O) groups is 9. The van der Waals surface area contributed by atoms with Crippen LogP contribution < -0.4 is 24.0 Å². The Morgan fingerprint density at radius 3 is 1.36 bits per heavy atom. The van der Waals surface area contributed by atoms with Gasteiger partial charge in [-0.1, -0.05) is 18.2 Å². The Kier molecular flexibility index (Phi) is 21.4. The molecule has 0 saturated heterocycles. The molecule has 25 heteroatoms. The number of nitrogens with zero attached hydrogens (tertiary/aromatic N) is 3. The lowest BCUT2D eigenvalue weighted by Gasteiger charge is -2.27. The molecule has 0 saturated carbocycles. The van der Waals surface area contributed by atoms with Gasteiger partial charge in [-0.05, 0) is 42.8 Å². The molecule has 0 bridgehead atoms. The second-order valence-electron chi connectivity index (χ2n) is 14.2. The third-order valence-corrected chi connectivity index (χ3v) is 9.74. The number of aromatic nitrogens is 1. The summed E-state index contributed by atoms with van der Waals surface area (Å²) in [6.45, 7) is 0.830. The van der Waals surface area contributed by atoms with E-state index in [1.165, 1.54) is 40.2 Å². The second-order valence-corrected chi connectivity index (χ2v) is 15.2. The molecule has 24 nitrogen and oxygen atoms in total. The second kappa shape index (κ2) is 27.6. The number of benzene rings is 3. The van der Waals surface area contributed by atoms with Gasteiger partial charge in [0.2, 0.25) is 34.0 Å². The van der Waals surface area contributed by atoms with Gasteiger partial charge in [-0.15, -0.1) is 11.3 Å². The average Bonchev–Trinajstić information content (AvgIpc) is 3.71. The third-order valence-electron chi connectivity index (χ3n) is 8.67. The highest BCUT2D eigenvalue weighted by Crippen LogP contribution is 2.43. The maximum absolute atomic E-state index is 13.2. The van der Waals surface area contributed by atoms with E-state index >= 15 is 0 Å². The third kappa shape index (κ3) is 18.8. The normalized spacial score (nSPS) is 10.4. The molecule has 0 unspecified atom stereocenters. The maximum atomic E-state index is 13.2. The predicted octanol–water partition coefficient (Wildman–Crippen LogP) is 3.50. The number of rotatable bonds is 27. The van der Waals surface area contributed by atoms with E-state index in [1.807, 2.05) is 12.1 Å². The highest BCUT2D eigenvalue weighted by atomic mass is 32.1. The van der Waals surface area contributed by atoms with Crippen molar-refractivity contribution in [3.63, 3.8) is 0 Å².